The molecule has 0 aromatic rings. The summed E-state index contributed by atoms with van der Waals surface area (Å²) in [5.74, 6) is -0.906. The number of rotatable bonds is 20. The van der Waals surface area contributed by atoms with Crippen LogP contribution in [0.4, 0.5) is 0 Å². The van der Waals surface area contributed by atoms with Crippen molar-refractivity contribution >= 4 is 46.2 Å². The molecule has 0 heterocycles. The molecular weight excluding hydrogens is 509 g/mol. The molecule has 192 valence electrons. The second-order valence-electron chi connectivity index (χ2n) is 7.77. The Hall–Kier alpha value is 0.764. The van der Waals surface area contributed by atoms with Crippen LogP contribution in [0.1, 0.15) is 27.7 Å². The van der Waals surface area contributed by atoms with E-state index >= 15 is 0 Å². The summed E-state index contributed by atoms with van der Waals surface area (Å²) in [5, 5.41) is 1.64. The lowest BCUT2D eigenvalue weighted by Gasteiger charge is -2.52. The SMILES string of the molecule is COC(OC)[Si]C(C)[Si](C(C)[Si]C(OC)OC)(C(C)[Si]C(OC)OC)C(C)[Si]C(OC)OC. The van der Waals surface area contributed by atoms with Crippen LogP contribution in [-0.2, 0) is 37.9 Å². The summed E-state index contributed by atoms with van der Waals surface area (Å²) in [5.41, 5.74) is 0. The van der Waals surface area contributed by atoms with Crippen molar-refractivity contribution in [2.45, 2.75) is 72.0 Å². The lowest BCUT2D eigenvalue weighted by Crippen LogP contribution is -2.60. The van der Waals surface area contributed by atoms with Gasteiger partial charge in [-0.3, -0.25) is 0 Å². The van der Waals surface area contributed by atoms with Crippen LogP contribution in [-0.4, -0.2) is 127 Å². The van der Waals surface area contributed by atoms with Crippen LogP contribution in [0.3, 0.4) is 0 Å². The van der Waals surface area contributed by atoms with E-state index < -0.39 is 8.07 Å². The summed E-state index contributed by atoms with van der Waals surface area (Å²) in [6.45, 7) is 9.49. The highest BCUT2D eigenvalue weighted by Gasteiger charge is 2.53. The number of ether oxygens (including phenoxy) is 8. The summed E-state index contributed by atoms with van der Waals surface area (Å²) in [7, 11) is 13.5. The highest BCUT2D eigenvalue weighted by molar-refractivity contribution is 7.04. The van der Waals surface area contributed by atoms with Crippen molar-refractivity contribution in [3.05, 3.63) is 0 Å². The number of methoxy groups -OCH3 is 8. The van der Waals surface area contributed by atoms with Gasteiger partial charge in [0.25, 0.3) is 0 Å². The minimum Gasteiger partial charge on any atom is -0.360 e. The Balaban J connectivity index is 6.55. The smallest absolute Gasteiger partial charge is 0.136 e. The van der Waals surface area contributed by atoms with Crippen LogP contribution in [0, 0.1) is 0 Å². The van der Waals surface area contributed by atoms with Gasteiger partial charge in [-0.2, -0.15) is 0 Å². The molecule has 0 bridgehead atoms. The van der Waals surface area contributed by atoms with Gasteiger partial charge in [0.15, 0.2) is 0 Å². The molecule has 0 aromatic heterocycles. The fourth-order valence-corrected chi connectivity index (χ4v) is 30.0. The molecule has 33 heavy (non-hydrogen) atoms. The van der Waals surface area contributed by atoms with E-state index in [2.05, 4.69) is 27.7 Å². The van der Waals surface area contributed by atoms with Crippen LogP contribution >= 0.6 is 0 Å². The van der Waals surface area contributed by atoms with Crippen molar-refractivity contribution in [1.82, 2.24) is 0 Å². The highest BCUT2D eigenvalue weighted by Crippen LogP contribution is 2.49. The van der Waals surface area contributed by atoms with E-state index in [-0.39, 0.29) is 23.7 Å². The molecule has 0 spiro atoms. The fourth-order valence-electron chi connectivity index (χ4n) is 4.57. The second-order valence-corrected chi connectivity index (χ2v) is 22.2. The molecule has 0 fully saturated rings. The largest absolute Gasteiger partial charge is 0.360 e. The van der Waals surface area contributed by atoms with Gasteiger partial charge in [0.2, 0.25) is 0 Å². The zero-order valence-corrected chi connectivity index (χ0v) is 27.4. The fraction of sp³-hybridized carbons (Fsp3) is 1.00. The van der Waals surface area contributed by atoms with E-state index in [9.17, 15) is 0 Å². The molecule has 0 aliphatic heterocycles. The average molecular weight is 553 g/mol. The Labute approximate surface area is 212 Å². The molecular formula is C20H44O8Si5. The van der Waals surface area contributed by atoms with Gasteiger partial charge in [0, 0.05) is 56.9 Å². The molecule has 0 saturated carbocycles. The van der Waals surface area contributed by atoms with Crippen LogP contribution in [0.25, 0.3) is 0 Å². The van der Waals surface area contributed by atoms with Crippen LogP contribution < -0.4 is 0 Å². The van der Waals surface area contributed by atoms with Gasteiger partial charge in [-0.1, -0.05) is 48.4 Å². The summed E-state index contributed by atoms with van der Waals surface area (Å²) in [6.07, 6.45) is 0. The van der Waals surface area contributed by atoms with E-state index in [0.29, 0.717) is 58.7 Å². The van der Waals surface area contributed by atoms with Crippen molar-refractivity contribution in [1.29, 1.82) is 0 Å². The molecule has 13 heteroatoms. The van der Waals surface area contributed by atoms with E-state index in [4.69, 9.17) is 37.9 Å². The predicted octanol–water partition coefficient (Wildman–Crippen LogP) is 1.95. The standard InChI is InChI=1S/C20H44O8Si5/c1-13(29-17(21-5)22-6)33(14(2)30-18(23-7)24-8,15(3)31-19(25-9)26-10)16(4)32-20(27-11)28-12/h13-20H,1-12H3. The Morgan fingerprint density at radius 1 is 0.364 bits per heavy atom. The van der Waals surface area contributed by atoms with Gasteiger partial charge in [0.1, 0.15) is 61.7 Å². The Morgan fingerprint density at radius 3 is 0.636 bits per heavy atom. The van der Waals surface area contributed by atoms with Crippen molar-refractivity contribution in [2.24, 2.45) is 0 Å². The third kappa shape index (κ3) is 9.62. The number of hydrogen-bond donors (Lipinski definition) is 0. The highest BCUT2D eigenvalue weighted by atomic mass is 28.4. The van der Waals surface area contributed by atoms with Crippen LogP contribution in [0.5, 0.6) is 0 Å². The molecule has 4 unspecified atom stereocenters. The summed E-state index contributed by atoms with van der Waals surface area (Å²) < 4.78 is 45.2. The maximum Gasteiger partial charge on any atom is 0.136 e. The zero-order valence-electron chi connectivity index (χ0n) is 22.4. The van der Waals surface area contributed by atoms with Gasteiger partial charge in [-0.05, 0) is 0 Å². The van der Waals surface area contributed by atoms with Gasteiger partial charge < -0.3 is 37.9 Å². The predicted molar refractivity (Wildman–Crippen MR) is 138 cm³/mol. The molecule has 0 N–H and O–H groups in total. The van der Waals surface area contributed by atoms with E-state index in [0.717, 1.165) is 0 Å². The Kier molecular flexibility index (Phi) is 18.5. The summed E-state index contributed by atoms with van der Waals surface area (Å²) in [6, 6.07) is 0. The third-order valence-corrected chi connectivity index (χ3v) is 25.2. The van der Waals surface area contributed by atoms with Gasteiger partial charge >= 0.3 is 0 Å². The van der Waals surface area contributed by atoms with Crippen molar-refractivity contribution in [2.75, 3.05) is 56.9 Å². The van der Waals surface area contributed by atoms with Crippen molar-refractivity contribution < 1.29 is 37.9 Å². The summed E-state index contributed by atoms with van der Waals surface area (Å²) in [4.78, 5) is 0. The zero-order chi connectivity index (χ0) is 25.6. The maximum atomic E-state index is 5.65. The molecule has 8 radical (unpaired) electrons. The first-order valence-corrected chi connectivity index (χ1v) is 17.9. The molecule has 0 aliphatic carbocycles. The monoisotopic (exact) mass is 552 g/mol. The lowest BCUT2D eigenvalue weighted by molar-refractivity contribution is -0.0449. The summed E-state index contributed by atoms with van der Waals surface area (Å²) >= 11 is 0. The molecule has 0 saturated heterocycles. The van der Waals surface area contributed by atoms with E-state index in [1.165, 1.54) is 0 Å². The van der Waals surface area contributed by atoms with Crippen molar-refractivity contribution in [3.8, 4) is 0 Å². The molecule has 4 atom stereocenters. The van der Waals surface area contributed by atoms with E-state index in [1.807, 2.05) is 0 Å². The lowest BCUT2D eigenvalue weighted by atomic mass is 10.9. The van der Waals surface area contributed by atoms with Crippen LogP contribution in [0.15, 0.2) is 0 Å². The van der Waals surface area contributed by atoms with Crippen molar-refractivity contribution in [3.63, 3.8) is 0 Å². The topological polar surface area (TPSA) is 73.8 Å². The second kappa shape index (κ2) is 18.1. The normalized spacial score (nSPS) is 18.2. The molecule has 0 rings (SSSR count). The first kappa shape index (κ1) is 33.8. The van der Waals surface area contributed by atoms with Gasteiger partial charge in [-0.15, -0.1) is 0 Å². The minimum atomic E-state index is -2.18. The molecule has 0 amide bonds. The first-order chi connectivity index (χ1) is 15.7. The maximum absolute atomic E-state index is 5.65. The quantitative estimate of drug-likeness (QED) is 0.168. The Bertz CT molecular complexity index is 394. The first-order valence-electron chi connectivity index (χ1n) is 10.9. The molecule has 0 aromatic carbocycles. The third-order valence-electron chi connectivity index (χ3n) is 6.26. The molecule has 8 nitrogen and oxygen atoms in total. The molecule has 0 aliphatic rings. The van der Waals surface area contributed by atoms with Crippen LogP contribution in [0.2, 0.25) is 20.7 Å². The van der Waals surface area contributed by atoms with Gasteiger partial charge in [-0.25, -0.2) is 0 Å². The minimum absolute atomic E-state index is 0.226. The van der Waals surface area contributed by atoms with E-state index in [1.54, 1.807) is 56.9 Å². The number of hydrogen-bond acceptors (Lipinski definition) is 8. The Morgan fingerprint density at radius 2 is 0.515 bits per heavy atom. The average Bonchev–Trinajstić information content (AvgIpc) is 2.82. The van der Waals surface area contributed by atoms with Gasteiger partial charge in [0.05, 0.1) is 8.07 Å².